The highest BCUT2D eigenvalue weighted by atomic mass is 16.4. The highest BCUT2D eigenvalue weighted by Crippen LogP contribution is 2.27. The van der Waals surface area contributed by atoms with Crippen LogP contribution < -0.4 is 0 Å². The number of unbranched alkanes of at least 4 members (excludes halogenated alkanes) is 6. The Bertz CT molecular complexity index is 627. The predicted octanol–water partition coefficient (Wildman–Crippen LogP) is 4.03. The van der Waals surface area contributed by atoms with Gasteiger partial charge in [-0.05, 0) is 17.2 Å². The van der Waals surface area contributed by atoms with Gasteiger partial charge in [-0.3, -0.25) is 4.79 Å². The van der Waals surface area contributed by atoms with Crippen molar-refractivity contribution in [2.75, 3.05) is 0 Å². The molecule has 2 aromatic rings. The summed E-state index contributed by atoms with van der Waals surface area (Å²) in [4.78, 5) is 12.0. The second-order valence-corrected chi connectivity index (χ2v) is 6.45. The molecule has 0 saturated heterocycles. The number of carboxylic acids is 1. The molecular weight excluding hydrogens is 316 g/mol. The summed E-state index contributed by atoms with van der Waals surface area (Å²) in [6.07, 6.45) is 9.75. The van der Waals surface area contributed by atoms with Crippen molar-refractivity contribution in [3.63, 3.8) is 0 Å². The van der Waals surface area contributed by atoms with Crippen LogP contribution >= 0.6 is 0 Å². The highest BCUT2D eigenvalue weighted by molar-refractivity contribution is 5.66. The molecule has 0 spiro atoms. The molecule has 0 fully saturated rings. The molecule has 6 heteroatoms. The van der Waals surface area contributed by atoms with E-state index < -0.39 is 5.97 Å². The molecule has 6 nitrogen and oxygen atoms in total. The van der Waals surface area contributed by atoms with Gasteiger partial charge in [0.25, 0.3) is 0 Å². The maximum atomic E-state index is 10.8. The number of carboxylic acid groups (broad SMARTS) is 1. The van der Waals surface area contributed by atoms with Crippen LogP contribution in [0.2, 0.25) is 0 Å². The maximum absolute atomic E-state index is 10.8. The molecule has 136 valence electrons. The van der Waals surface area contributed by atoms with Gasteiger partial charge < -0.3 is 5.11 Å². The summed E-state index contributed by atoms with van der Waals surface area (Å²) in [6, 6.07) is 10.2. The summed E-state index contributed by atoms with van der Waals surface area (Å²) in [6.45, 7) is 1.97. The van der Waals surface area contributed by atoms with Crippen molar-refractivity contribution in [2.45, 2.75) is 70.8 Å². The first-order valence-electron chi connectivity index (χ1n) is 9.25. The Kier molecular flexibility index (Phi) is 8.09. The number of tetrazole rings is 1. The Morgan fingerprint density at radius 1 is 1.08 bits per heavy atom. The van der Waals surface area contributed by atoms with Crippen molar-refractivity contribution < 1.29 is 9.90 Å². The standard InChI is InChI=1S/C19H28N4O2/c1-2-3-4-5-6-7-11-14-17(16-12-9-8-10-13-16)19-20-22-23(21-19)15-18(24)25/h8-10,12-13,17H,2-7,11,14-15H2,1H3,(H,24,25). The molecule has 1 aromatic carbocycles. The van der Waals surface area contributed by atoms with Crippen LogP contribution in [0.15, 0.2) is 30.3 Å². The third-order valence-corrected chi connectivity index (χ3v) is 4.35. The molecule has 1 aromatic heterocycles. The van der Waals surface area contributed by atoms with Crippen molar-refractivity contribution in [3.05, 3.63) is 41.7 Å². The number of aromatic nitrogens is 4. The van der Waals surface area contributed by atoms with E-state index in [-0.39, 0.29) is 12.5 Å². The third-order valence-electron chi connectivity index (χ3n) is 4.35. The molecular formula is C19H28N4O2. The van der Waals surface area contributed by atoms with Gasteiger partial charge in [-0.2, -0.15) is 4.80 Å². The van der Waals surface area contributed by atoms with E-state index in [1.165, 1.54) is 38.5 Å². The number of carbonyl (C=O) groups is 1. The van der Waals surface area contributed by atoms with Gasteiger partial charge in [-0.1, -0.05) is 82.2 Å². The predicted molar refractivity (Wildman–Crippen MR) is 96.3 cm³/mol. The molecule has 1 heterocycles. The first-order chi connectivity index (χ1) is 12.2. The van der Waals surface area contributed by atoms with Crippen molar-refractivity contribution in [1.29, 1.82) is 0 Å². The van der Waals surface area contributed by atoms with E-state index in [1.807, 2.05) is 18.2 Å². The lowest BCUT2D eigenvalue weighted by molar-refractivity contribution is -0.138. The zero-order chi connectivity index (χ0) is 17.9. The van der Waals surface area contributed by atoms with Crippen molar-refractivity contribution in [1.82, 2.24) is 20.2 Å². The molecule has 1 atom stereocenters. The summed E-state index contributed by atoms with van der Waals surface area (Å²) < 4.78 is 0. The lowest BCUT2D eigenvalue weighted by atomic mass is 9.92. The topological polar surface area (TPSA) is 80.9 Å². The zero-order valence-electron chi connectivity index (χ0n) is 15.0. The minimum absolute atomic E-state index is 0.0689. The molecule has 0 saturated carbocycles. The summed E-state index contributed by atoms with van der Waals surface area (Å²) in [5, 5.41) is 21.1. The molecule has 0 aliphatic heterocycles. The van der Waals surface area contributed by atoms with Gasteiger partial charge in [0.2, 0.25) is 0 Å². The quantitative estimate of drug-likeness (QED) is 0.588. The Hall–Kier alpha value is -2.24. The van der Waals surface area contributed by atoms with E-state index in [2.05, 4.69) is 34.5 Å². The monoisotopic (exact) mass is 344 g/mol. The van der Waals surface area contributed by atoms with Crippen molar-refractivity contribution in [3.8, 4) is 0 Å². The summed E-state index contributed by atoms with van der Waals surface area (Å²) in [7, 11) is 0. The first-order valence-corrected chi connectivity index (χ1v) is 9.25. The largest absolute Gasteiger partial charge is 0.480 e. The van der Waals surface area contributed by atoms with E-state index in [0.717, 1.165) is 23.2 Å². The Balaban J connectivity index is 1.95. The van der Waals surface area contributed by atoms with Gasteiger partial charge >= 0.3 is 5.97 Å². The minimum atomic E-state index is -0.965. The Labute approximate surface area is 149 Å². The molecule has 25 heavy (non-hydrogen) atoms. The maximum Gasteiger partial charge on any atom is 0.327 e. The van der Waals surface area contributed by atoms with Crippen LogP contribution in [-0.4, -0.2) is 31.3 Å². The van der Waals surface area contributed by atoms with E-state index in [1.54, 1.807) is 0 Å². The fourth-order valence-corrected chi connectivity index (χ4v) is 3.02. The van der Waals surface area contributed by atoms with Gasteiger partial charge in [0.15, 0.2) is 12.4 Å². The Morgan fingerprint density at radius 3 is 2.44 bits per heavy atom. The average Bonchev–Trinajstić information content (AvgIpc) is 3.05. The zero-order valence-corrected chi connectivity index (χ0v) is 15.0. The highest BCUT2D eigenvalue weighted by Gasteiger charge is 2.19. The summed E-state index contributed by atoms with van der Waals surface area (Å²) >= 11 is 0. The van der Waals surface area contributed by atoms with E-state index in [4.69, 9.17) is 5.11 Å². The number of nitrogens with zero attached hydrogens (tertiary/aromatic N) is 4. The fourth-order valence-electron chi connectivity index (χ4n) is 3.02. The van der Waals surface area contributed by atoms with Crippen LogP contribution in [-0.2, 0) is 11.3 Å². The third kappa shape index (κ3) is 6.64. The van der Waals surface area contributed by atoms with Crippen LogP contribution in [0.3, 0.4) is 0 Å². The van der Waals surface area contributed by atoms with Gasteiger partial charge in [0, 0.05) is 5.92 Å². The normalized spacial score (nSPS) is 12.2. The van der Waals surface area contributed by atoms with Crippen LogP contribution in [0.4, 0.5) is 0 Å². The van der Waals surface area contributed by atoms with E-state index in [9.17, 15) is 4.79 Å². The number of hydrogen-bond donors (Lipinski definition) is 1. The van der Waals surface area contributed by atoms with Crippen LogP contribution in [0.1, 0.15) is 75.6 Å². The van der Waals surface area contributed by atoms with Crippen LogP contribution in [0.25, 0.3) is 0 Å². The minimum Gasteiger partial charge on any atom is -0.480 e. The van der Waals surface area contributed by atoms with Crippen LogP contribution in [0.5, 0.6) is 0 Å². The number of aliphatic carboxylic acids is 1. The Morgan fingerprint density at radius 2 is 1.76 bits per heavy atom. The van der Waals surface area contributed by atoms with E-state index >= 15 is 0 Å². The second-order valence-electron chi connectivity index (χ2n) is 6.45. The summed E-state index contributed by atoms with van der Waals surface area (Å²) in [5.41, 5.74) is 1.16. The molecule has 0 bridgehead atoms. The second kappa shape index (κ2) is 10.6. The number of rotatable bonds is 12. The lowest BCUT2D eigenvalue weighted by Crippen LogP contribution is -2.12. The molecule has 0 aliphatic carbocycles. The van der Waals surface area contributed by atoms with Gasteiger partial charge in [-0.25, -0.2) is 0 Å². The van der Waals surface area contributed by atoms with Gasteiger partial charge in [0.1, 0.15) is 0 Å². The first kappa shape index (κ1) is 19.1. The SMILES string of the molecule is CCCCCCCCCC(c1ccccc1)c1nnn(CC(=O)O)n1. The molecule has 2 rings (SSSR count). The molecule has 0 amide bonds. The lowest BCUT2D eigenvalue weighted by Gasteiger charge is -2.13. The molecule has 0 aliphatic rings. The van der Waals surface area contributed by atoms with Crippen LogP contribution in [0, 0.1) is 0 Å². The number of hydrogen-bond acceptors (Lipinski definition) is 4. The molecule has 1 N–H and O–H groups in total. The summed E-state index contributed by atoms with van der Waals surface area (Å²) in [5.74, 6) is -0.287. The van der Waals surface area contributed by atoms with E-state index in [0.29, 0.717) is 5.82 Å². The average molecular weight is 344 g/mol. The van der Waals surface area contributed by atoms with Gasteiger partial charge in [-0.15, -0.1) is 10.2 Å². The van der Waals surface area contributed by atoms with Gasteiger partial charge in [0.05, 0.1) is 0 Å². The fraction of sp³-hybridized carbons (Fsp3) is 0.579. The smallest absolute Gasteiger partial charge is 0.327 e. The molecule has 0 radical (unpaired) electrons. The number of benzene rings is 1. The van der Waals surface area contributed by atoms with Crippen molar-refractivity contribution >= 4 is 5.97 Å². The molecule has 1 unspecified atom stereocenters. The van der Waals surface area contributed by atoms with Crippen molar-refractivity contribution in [2.24, 2.45) is 0 Å².